The lowest BCUT2D eigenvalue weighted by atomic mass is 10.1. The van der Waals surface area contributed by atoms with Crippen LogP contribution in [0, 0.1) is 5.82 Å². The van der Waals surface area contributed by atoms with E-state index in [-0.39, 0.29) is 29.1 Å². The summed E-state index contributed by atoms with van der Waals surface area (Å²) >= 11 is 6.01. The first-order valence-electron chi connectivity index (χ1n) is 7.75. The van der Waals surface area contributed by atoms with Crippen LogP contribution < -0.4 is 9.80 Å². The molecule has 4 nitrogen and oxygen atoms in total. The summed E-state index contributed by atoms with van der Waals surface area (Å²) in [5, 5.41) is 0.0366. The highest BCUT2D eigenvalue weighted by molar-refractivity contribution is 6.35. The van der Waals surface area contributed by atoms with Gasteiger partial charge in [-0.2, -0.15) is 0 Å². The van der Waals surface area contributed by atoms with Crippen molar-refractivity contribution in [1.29, 1.82) is 0 Å². The highest BCUT2D eigenvalue weighted by Gasteiger charge is 2.41. The van der Waals surface area contributed by atoms with Crippen LogP contribution in [0.15, 0.2) is 42.5 Å². The molecular weight excluding hydrogens is 331 g/mol. The lowest BCUT2D eigenvalue weighted by Gasteiger charge is -2.36. The van der Waals surface area contributed by atoms with Crippen LogP contribution in [0.1, 0.15) is 23.2 Å². The van der Waals surface area contributed by atoms with Gasteiger partial charge < -0.3 is 4.90 Å². The Balaban J connectivity index is 1.80. The molecule has 2 aromatic rings. The predicted octanol–water partition coefficient (Wildman–Crippen LogP) is 3.63. The SMILES string of the molecule is O=C(c1c(F)cccc1Cl)N1CC(=O)N(C2CC2)c2ccccc21. The van der Waals surface area contributed by atoms with E-state index in [4.69, 9.17) is 11.6 Å². The minimum absolute atomic E-state index is 0.0366. The van der Waals surface area contributed by atoms with Gasteiger partial charge in [-0.25, -0.2) is 4.39 Å². The molecule has 1 fully saturated rings. The number of carbonyl (C=O) groups excluding carboxylic acids is 2. The van der Waals surface area contributed by atoms with E-state index < -0.39 is 11.7 Å². The van der Waals surface area contributed by atoms with E-state index in [1.54, 1.807) is 17.0 Å². The van der Waals surface area contributed by atoms with Gasteiger partial charge >= 0.3 is 0 Å². The van der Waals surface area contributed by atoms with E-state index in [0.29, 0.717) is 11.4 Å². The van der Waals surface area contributed by atoms with Gasteiger partial charge in [-0.1, -0.05) is 29.8 Å². The lowest BCUT2D eigenvalue weighted by molar-refractivity contribution is -0.117. The Hall–Kier alpha value is -2.40. The van der Waals surface area contributed by atoms with Crippen molar-refractivity contribution in [3.8, 4) is 0 Å². The average molecular weight is 345 g/mol. The molecule has 0 N–H and O–H groups in total. The van der Waals surface area contributed by atoms with Crippen LogP contribution in [0.5, 0.6) is 0 Å². The monoisotopic (exact) mass is 344 g/mol. The van der Waals surface area contributed by atoms with Crippen LogP contribution in [0.3, 0.4) is 0 Å². The van der Waals surface area contributed by atoms with Crippen molar-refractivity contribution >= 4 is 34.8 Å². The van der Waals surface area contributed by atoms with Gasteiger partial charge in [-0.05, 0) is 37.1 Å². The van der Waals surface area contributed by atoms with Gasteiger partial charge in [0.1, 0.15) is 12.4 Å². The zero-order valence-electron chi connectivity index (χ0n) is 12.7. The van der Waals surface area contributed by atoms with Crippen LogP contribution in [0.2, 0.25) is 5.02 Å². The zero-order valence-corrected chi connectivity index (χ0v) is 13.5. The molecule has 2 aromatic carbocycles. The summed E-state index contributed by atoms with van der Waals surface area (Å²) in [5.41, 5.74) is 1.09. The number of rotatable bonds is 2. The summed E-state index contributed by atoms with van der Waals surface area (Å²) in [6, 6.07) is 11.5. The molecule has 4 rings (SSSR count). The van der Waals surface area contributed by atoms with Gasteiger partial charge in [-0.15, -0.1) is 0 Å². The topological polar surface area (TPSA) is 40.6 Å². The molecule has 1 aliphatic heterocycles. The summed E-state index contributed by atoms with van der Waals surface area (Å²) in [6.45, 7) is -0.114. The molecule has 0 unspecified atom stereocenters. The van der Waals surface area contributed by atoms with Gasteiger partial charge in [0.25, 0.3) is 5.91 Å². The smallest absolute Gasteiger partial charge is 0.263 e. The second kappa shape index (κ2) is 5.60. The third-order valence-electron chi connectivity index (χ3n) is 4.33. The minimum Gasteiger partial charge on any atom is -0.306 e. The molecule has 24 heavy (non-hydrogen) atoms. The molecular formula is C18H14ClFN2O2. The molecule has 1 aliphatic carbocycles. The Kier molecular flexibility index (Phi) is 3.53. The van der Waals surface area contributed by atoms with Crippen LogP contribution in [-0.2, 0) is 4.79 Å². The van der Waals surface area contributed by atoms with Gasteiger partial charge in [0, 0.05) is 6.04 Å². The second-order valence-electron chi connectivity index (χ2n) is 5.97. The normalized spacial score (nSPS) is 17.0. The third-order valence-corrected chi connectivity index (χ3v) is 4.64. The first kappa shape index (κ1) is 15.1. The van der Waals surface area contributed by atoms with Crippen molar-refractivity contribution in [2.75, 3.05) is 16.3 Å². The third kappa shape index (κ3) is 2.36. The summed E-state index contributed by atoms with van der Waals surface area (Å²) in [5.74, 6) is -1.45. The lowest BCUT2D eigenvalue weighted by Crippen LogP contribution is -2.49. The van der Waals surface area contributed by atoms with Gasteiger partial charge in [-0.3, -0.25) is 14.5 Å². The standard InChI is InChI=1S/C18H14ClFN2O2/c19-12-4-3-5-13(20)17(12)18(24)21-10-16(23)22(11-8-9-11)15-7-2-1-6-14(15)21/h1-7,11H,8-10H2. The first-order valence-corrected chi connectivity index (χ1v) is 8.12. The fourth-order valence-electron chi connectivity index (χ4n) is 3.08. The van der Waals surface area contributed by atoms with Crippen LogP contribution in [0.25, 0.3) is 0 Å². The average Bonchev–Trinajstić information content (AvgIpc) is 3.38. The Morgan fingerprint density at radius 3 is 2.46 bits per heavy atom. The zero-order chi connectivity index (χ0) is 16.8. The van der Waals surface area contributed by atoms with Gasteiger partial charge in [0.2, 0.25) is 5.91 Å². The number of hydrogen-bond acceptors (Lipinski definition) is 2. The number of amides is 2. The van der Waals surface area contributed by atoms with E-state index in [1.165, 1.54) is 23.1 Å². The minimum atomic E-state index is -0.693. The van der Waals surface area contributed by atoms with E-state index >= 15 is 0 Å². The quantitative estimate of drug-likeness (QED) is 0.834. The molecule has 2 amide bonds. The van der Waals surface area contributed by atoms with E-state index in [1.807, 2.05) is 12.1 Å². The Labute approximate surface area is 143 Å². The van der Waals surface area contributed by atoms with Crippen LogP contribution in [0.4, 0.5) is 15.8 Å². The molecule has 0 bridgehead atoms. The number of halogens is 2. The maximum absolute atomic E-state index is 14.1. The molecule has 0 saturated heterocycles. The Morgan fingerprint density at radius 2 is 1.79 bits per heavy atom. The van der Waals surface area contributed by atoms with E-state index in [2.05, 4.69) is 0 Å². The fourth-order valence-corrected chi connectivity index (χ4v) is 3.32. The van der Waals surface area contributed by atoms with Crippen molar-refractivity contribution in [1.82, 2.24) is 0 Å². The van der Waals surface area contributed by atoms with E-state index in [9.17, 15) is 14.0 Å². The summed E-state index contributed by atoms with van der Waals surface area (Å²) in [4.78, 5) is 28.5. The fraction of sp³-hybridized carbons (Fsp3) is 0.222. The molecule has 0 spiro atoms. The highest BCUT2D eigenvalue weighted by Crippen LogP contribution is 2.41. The molecule has 0 atom stereocenters. The molecule has 1 heterocycles. The van der Waals surface area contributed by atoms with Crippen molar-refractivity contribution in [3.63, 3.8) is 0 Å². The van der Waals surface area contributed by atoms with Crippen LogP contribution >= 0.6 is 11.6 Å². The Bertz CT molecular complexity index is 830. The largest absolute Gasteiger partial charge is 0.306 e. The number of anilines is 2. The molecule has 0 radical (unpaired) electrons. The van der Waals surface area contributed by atoms with E-state index in [0.717, 1.165) is 12.8 Å². The molecule has 0 aromatic heterocycles. The number of carbonyl (C=O) groups is 2. The maximum Gasteiger partial charge on any atom is 0.263 e. The first-order chi connectivity index (χ1) is 11.6. The predicted molar refractivity (Wildman–Crippen MR) is 90.0 cm³/mol. The number of para-hydroxylation sites is 2. The van der Waals surface area contributed by atoms with Gasteiger partial charge in [0.05, 0.1) is 22.0 Å². The summed E-state index contributed by atoms with van der Waals surface area (Å²) in [6.07, 6.45) is 1.93. The molecule has 6 heteroatoms. The highest BCUT2D eigenvalue weighted by atomic mass is 35.5. The number of nitrogens with zero attached hydrogens (tertiary/aromatic N) is 2. The Morgan fingerprint density at radius 1 is 1.08 bits per heavy atom. The second-order valence-corrected chi connectivity index (χ2v) is 6.38. The summed E-state index contributed by atoms with van der Waals surface area (Å²) < 4.78 is 14.1. The number of benzene rings is 2. The van der Waals surface area contributed by atoms with Crippen molar-refractivity contribution < 1.29 is 14.0 Å². The van der Waals surface area contributed by atoms with Crippen molar-refractivity contribution in [2.45, 2.75) is 18.9 Å². The molecule has 1 saturated carbocycles. The molecule has 122 valence electrons. The van der Waals surface area contributed by atoms with Crippen molar-refractivity contribution in [2.24, 2.45) is 0 Å². The van der Waals surface area contributed by atoms with Crippen LogP contribution in [-0.4, -0.2) is 24.4 Å². The number of hydrogen-bond donors (Lipinski definition) is 0. The maximum atomic E-state index is 14.1. The summed E-state index contributed by atoms with van der Waals surface area (Å²) in [7, 11) is 0. The number of fused-ring (bicyclic) bond motifs is 1. The van der Waals surface area contributed by atoms with Gasteiger partial charge in [0.15, 0.2) is 0 Å². The van der Waals surface area contributed by atoms with Crippen molar-refractivity contribution in [3.05, 3.63) is 58.9 Å². The molecule has 2 aliphatic rings.